The van der Waals surface area contributed by atoms with Crippen LogP contribution in [0.15, 0.2) is 24.3 Å². The highest BCUT2D eigenvalue weighted by molar-refractivity contribution is 7.15. The lowest BCUT2D eigenvalue weighted by Crippen LogP contribution is -2.36. The zero-order valence-electron chi connectivity index (χ0n) is 14.6. The molecule has 1 aromatic carbocycles. The highest BCUT2D eigenvalue weighted by Gasteiger charge is 2.28. The van der Waals surface area contributed by atoms with E-state index in [1.165, 1.54) is 10.9 Å². The summed E-state index contributed by atoms with van der Waals surface area (Å²) in [6.45, 7) is 7.46. The van der Waals surface area contributed by atoms with Crippen LogP contribution in [0.2, 0.25) is 0 Å². The molecule has 1 aromatic heterocycles. The minimum absolute atomic E-state index is 0.145. The van der Waals surface area contributed by atoms with Crippen molar-refractivity contribution in [2.24, 2.45) is 0 Å². The first-order chi connectivity index (χ1) is 12.2. The van der Waals surface area contributed by atoms with Crippen LogP contribution in [0.1, 0.15) is 35.0 Å². The third kappa shape index (κ3) is 3.71. The minimum atomic E-state index is -0.145. The van der Waals surface area contributed by atoms with Gasteiger partial charge in [0.05, 0.1) is 18.9 Å². The number of aryl methyl sites for hydroxylation is 1. The summed E-state index contributed by atoms with van der Waals surface area (Å²) in [6, 6.07) is 7.37. The van der Waals surface area contributed by atoms with Crippen LogP contribution in [0.4, 0.5) is 9.52 Å². The molecule has 0 bridgehead atoms. The number of thiazole rings is 1. The highest BCUT2D eigenvalue weighted by Crippen LogP contribution is 2.36. The largest absolute Gasteiger partial charge is 0.378 e. The predicted octanol–water partition coefficient (Wildman–Crippen LogP) is 3.76. The molecule has 0 aliphatic carbocycles. The number of benzene rings is 1. The Morgan fingerprint density at radius 1 is 1.28 bits per heavy atom. The van der Waals surface area contributed by atoms with Gasteiger partial charge in [0.15, 0.2) is 5.13 Å². The molecule has 134 valence electrons. The van der Waals surface area contributed by atoms with Gasteiger partial charge in [-0.15, -0.1) is 11.3 Å². The summed E-state index contributed by atoms with van der Waals surface area (Å²) < 4.78 is 19.0. The van der Waals surface area contributed by atoms with E-state index in [-0.39, 0.29) is 5.82 Å². The number of likely N-dealkylation sites (tertiary alicyclic amines) is 1. The molecule has 6 heteroatoms. The SMILES string of the molecule is Cc1nc(N2CCOCC2)sc1CN1CCCC1c1cccc(F)c1. The van der Waals surface area contributed by atoms with Crippen LogP contribution in [-0.2, 0) is 11.3 Å². The lowest BCUT2D eigenvalue weighted by molar-refractivity contribution is 0.122. The van der Waals surface area contributed by atoms with Crippen LogP contribution >= 0.6 is 11.3 Å². The molecule has 2 fully saturated rings. The van der Waals surface area contributed by atoms with Crippen molar-refractivity contribution >= 4 is 16.5 Å². The number of morpholine rings is 1. The van der Waals surface area contributed by atoms with E-state index in [4.69, 9.17) is 9.72 Å². The topological polar surface area (TPSA) is 28.6 Å². The third-order valence-electron chi connectivity index (χ3n) is 5.11. The summed E-state index contributed by atoms with van der Waals surface area (Å²) >= 11 is 1.80. The lowest BCUT2D eigenvalue weighted by atomic mass is 10.0. The molecule has 4 rings (SSSR count). The number of ether oxygens (including phenoxy) is 1. The molecule has 2 aliphatic heterocycles. The van der Waals surface area contributed by atoms with E-state index in [2.05, 4.69) is 16.7 Å². The van der Waals surface area contributed by atoms with Crippen molar-refractivity contribution < 1.29 is 9.13 Å². The van der Waals surface area contributed by atoms with E-state index in [1.54, 1.807) is 17.4 Å². The van der Waals surface area contributed by atoms with Gasteiger partial charge in [0.1, 0.15) is 5.82 Å². The number of nitrogens with zero attached hydrogens (tertiary/aromatic N) is 3. The number of aromatic nitrogens is 1. The maximum absolute atomic E-state index is 13.6. The van der Waals surface area contributed by atoms with Crippen LogP contribution in [-0.4, -0.2) is 42.7 Å². The molecule has 25 heavy (non-hydrogen) atoms. The summed E-state index contributed by atoms with van der Waals surface area (Å²) in [4.78, 5) is 10.9. The predicted molar refractivity (Wildman–Crippen MR) is 98.7 cm³/mol. The Bertz CT molecular complexity index is 729. The second-order valence-corrected chi connectivity index (χ2v) is 7.85. The molecular weight excluding hydrogens is 337 g/mol. The maximum Gasteiger partial charge on any atom is 0.185 e. The summed E-state index contributed by atoms with van der Waals surface area (Å²) in [5, 5.41) is 1.11. The number of hydrogen-bond donors (Lipinski definition) is 0. The summed E-state index contributed by atoms with van der Waals surface area (Å²) in [5.74, 6) is -0.145. The van der Waals surface area contributed by atoms with Gasteiger partial charge in [-0.25, -0.2) is 9.37 Å². The number of halogens is 1. The summed E-state index contributed by atoms with van der Waals surface area (Å²) in [6.07, 6.45) is 2.26. The summed E-state index contributed by atoms with van der Waals surface area (Å²) in [5.41, 5.74) is 2.21. The first kappa shape index (κ1) is 16.9. The number of anilines is 1. The Labute approximate surface area is 152 Å². The van der Waals surface area contributed by atoms with Gasteiger partial charge in [-0.2, -0.15) is 0 Å². The van der Waals surface area contributed by atoms with Crippen molar-refractivity contribution in [3.63, 3.8) is 0 Å². The Hall–Kier alpha value is -1.50. The molecule has 0 saturated carbocycles. The van der Waals surface area contributed by atoms with Gasteiger partial charge in [0, 0.05) is 30.6 Å². The molecule has 0 spiro atoms. The number of rotatable bonds is 4. The van der Waals surface area contributed by atoms with Gasteiger partial charge in [-0.05, 0) is 44.0 Å². The molecule has 3 heterocycles. The lowest BCUT2D eigenvalue weighted by Gasteiger charge is -2.26. The first-order valence-corrected chi connectivity index (χ1v) is 9.81. The summed E-state index contributed by atoms with van der Waals surface area (Å²) in [7, 11) is 0. The Kier molecular flexibility index (Phi) is 5.01. The molecule has 2 saturated heterocycles. The van der Waals surface area contributed by atoms with Gasteiger partial charge in [-0.1, -0.05) is 12.1 Å². The van der Waals surface area contributed by atoms with Gasteiger partial charge < -0.3 is 9.64 Å². The normalized spacial score (nSPS) is 21.8. The Balaban J connectivity index is 1.50. The van der Waals surface area contributed by atoms with E-state index in [9.17, 15) is 4.39 Å². The minimum Gasteiger partial charge on any atom is -0.378 e. The monoisotopic (exact) mass is 361 g/mol. The smallest absolute Gasteiger partial charge is 0.185 e. The second kappa shape index (κ2) is 7.40. The van der Waals surface area contributed by atoms with E-state index < -0.39 is 0 Å². The third-order valence-corrected chi connectivity index (χ3v) is 6.31. The van der Waals surface area contributed by atoms with E-state index in [0.717, 1.165) is 68.6 Å². The van der Waals surface area contributed by atoms with Crippen LogP contribution < -0.4 is 4.90 Å². The van der Waals surface area contributed by atoms with Crippen molar-refractivity contribution in [3.8, 4) is 0 Å². The van der Waals surface area contributed by atoms with Crippen LogP contribution in [0.3, 0.4) is 0 Å². The van der Waals surface area contributed by atoms with Gasteiger partial charge >= 0.3 is 0 Å². The van der Waals surface area contributed by atoms with Crippen molar-refractivity contribution in [2.75, 3.05) is 37.7 Å². The fraction of sp³-hybridized carbons (Fsp3) is 0.526. The standard InChI is InChI=1S/C19H24FN3OS/c1-14-18(25-19(21-14)22-8-10-24-11-9-22)13-23-7-3-6-17(23)15-4-2-5-16(20)12-15/h2,4-5,12,17H,3,6-11,13H2,1H3. The quantitative estimate of drug-likeness (QED) is 0.829. The van der Waals surface area contributed by atoms with Crippen LogP contribution in [0.25, 0.3) is 0 Å². The molecule has 1 unspecified atom stereocenters. The zero-order chi connectivity index (χ0) is 17.2. The second-order valence-electron chi connectivity index (χ2n) is 6.79. The van der Waals surface area contributed by atoms with Gasteiger partial charge in [0.2, 0.25) is 0 Å². The highest BCUT2D eigenvalue weighted by atomic mass is 32.1. The molecule has 2 aliphatic rings. The molecular formula is C19H24FN3OS. The molecule has 4 nitrogen and oxygen atoms in total. The van der Waals surface area contributed by atoms with E-state index in [1.807, 2.05) is 12.1 Å². The average Bonchev–Trinajstić information content (AvgIpc) is 3.23. The zero-order valence-corrected chi connectivity index (χ0v) is 15.4. The van der Waals surface area contributed by atoms with Gasteiger partial charge in [0.25, 0.3) is 0 Å². The van der Waals surface area contributed by atoms with Crippen LogP contribution in [0.5, 0.6) is 0 Å². The molecule has 0 radical (unpaired) electrons. The molecule has 2 aromatic rings. The molecule has 0 amide bonds. The maximum atomic E-state index is 13.6. The van der Waals surface area contributed by atoms with Crippen molar-refractivity contribution in [1.29, 1.82) is 0 Å². The fourth-order valence-corrected chi connectivity index (χ4v) is 4.88. The molecule has 0 N–H and O–H groups in total. The van der Waals surface area contributed by atoms with Crippen molar-refractivity contribution in [3.05, 3.63) is 46.2 Å². The Morgan fingerprint density at radius 2 is 2.12 bits per heavy atom. The van der Waals surface area contributed by atoms with Crippen LogP contribution in [0, 0.1) is 12.7 Å². The average molecular weight is 361 g/mol. The van der Waals surface area contributed by atoms with Crippen molar-refractivity contribution in [2.45, 2.75) is 32.4 Å². The van der Waals surface area contributed by atoms with E-state index in [0.29, 0.717) is 6.04 Å². The van der Waals surface area contributed by atoms with Gasteiger partial charge in [-0.3, -0.25) is 4.90 Å². The van der Waals surface area contributed by atoms with E-state index >= 15 is 0 Å². The first-order valence-electron chi connectivity index (χ1n) is 8.99. The number of hydrogen-bond acceptors (Lipinski definition) is 5. The Morgan fingerprint density at radius 3 is 2.92 bits per heavy atom. The molecule has 1 atom stereocenters. The fourth-order valence-electron chi connectivity index (χ4n) is 3.74. The van der Waals surface area contributed by atoms with Crippen molar-refractivity contribution in [1.82, 2.24) is 9.88 Å².